The Labute approximate surface area is 123 Å². The molecule has 110 valence electrons. The Morgan fingerprint density at radius 1 is 0.900 bits per heavy atom. The molecule has 20 heavy (non-hydrogen) atoms. The van der Waals surface area contributed by atoms with Crippen molar-refractivity contribution in [1.29, 1.82) is 0 Å². The van der Waals surface area contributed by atoms with Crippen LogP contribution in [0.25, 0.3) is 0 Å². The van der Waals surface area contributed by atoms with E-state index < -0.39 is 0 Å². The molecule has 2 heterocycles. The SMILES string of the molecule is c1ccc(C(CN2CCNCC2)N2CCCCC2)cc1. The average Bonchev–Trinajstić information content (AvgIpc) is 2.55. The first-order chi connectivity index (χ1) is 9.93. The summed E-state index contributed by atoms with van der Waals surface area (Å²) >= 11 is 0. The molecule has 1 aromatic carbocycles. The van der Waals surface area contributed by atoms with E-state index in [2.05, 4.69) is 45.4 Å². The topological polar surface area (TPSA) is 18.5 Å². The van der Waals surface area contributed by atoms with Gasteiger partial charge in [-0.25, -0.2) is 0 Å². The number of rotatable bonds is 4. The molecule has 2 fully saturated rings. The summed E-state index contributed by atoms with van der Waals surface area (Å²) in [6.45, 7) is 8.39. The molecule has 1 N–H and O–H groups in total. The number of benzene rings is 1. The van der Waals surface area contributed by atoms with Gasteiger partial charge in [0.05, 0.1) is 0 Å². The van der Waals surface area contributed by atoms with Crippen molar-refractivity contribution < 1.29 is 0 Å². The fraction of sp³-hybridized carbons (Fsp3) is 0.647. The second-order valence-electron chi connectivity index (χ2n) is 6.07. The molecule has 3 heteroatoms. The Kier molecular flexibility index (Phi) is 5.06. The summed E-state index contributed by atoms with van der Waals surface area (Å²) in [5.74, 6) is 0. The van der Waals surface area contributed by atoms with E-state index in [-0.39, 0.29) is 0 Å². The van der Waals surface area contributed by atoms with Crippen molar-refractivity contribution >= 4 is 0 Å². The zero-order chi connectivity index (χ0) is 13.6. The van der Waals surface area contributed by atoms with Crippen LogP contribution in [0.1, 0.15) is 30.9 Å². The van der Waals surface area contributed by atoms with Crippen molar-refractivity contribution in [3.8, 4) is 0 Å². The van der Waals surface area contributed by atoms with Crippen LogP contribution in [0.2, 0.25) is 0 Å². The van der Waals surface area contributed by atoms with Crippen LogP contribution >= 0.6 is 0 Å². The molecular formula is C17H27N3. The van der Waals surface area contributed by atoms with Gasteiger partial charge in [0.25, 0.3) is 0 Å². The minimum Gasteiger partial charge on any atom is -0.314 e. The number of nitrogens with one attached hydrogen (secondary N) is 1. The van der Waals surface area contributed by atoms with Crippen LogP contribution in [0.4, 0.5) is 0 Å². The van der Waals surface area contributed by atoms with Crippen molar-refractivity contribution in [2.24, 2.45) is 0 Å². The average molecular weight is 273 g/mol. The smallest absolute Gasteiger partial charge is 0.0475 e. The Morgan fingerprint density at radius 3 is 2.30 bits per heavy atom. The molecule has 1 unspecified atom stereocenters. The third-order valence-electron chi connectivity index (χ3n) is 4.66. The summed E-state index contributed by atoms with van der Waals surface area (Å²) in [5.41, 5.74) is 1.49. The number of nitrogens with zero attached hydrogens (tertiary/aromatic N) is 2. The van der Waals surface area contributed by atoms with Crippen LogP contribution in [-0.4, -0.2) is 55.6 Å². The molecule has 0 bridgehead atoms. The summed E-state index contributed by atoms with van der Waals surface area (Å²) < 4.78 is 0. The second-order valence-corrected chi connectivity index (χ2v) is 6.07. The molecule has 2 saturated heterocycles. The van der Waals surface area contributed by atoms with E-state index in [1.54, 1.807) is 0 Å². The number of likely N-dealkylation sites (tertiary alicyclic amines) is 1. The van der Waals surface area contributed by atoms with Gasteiger partial charge in [-0.1, -0.05) is 36.8 Å². The van der Waals surface area contributed by atoms with Gasteiger partial charge in [0.1, 0.15) is 0 Å². The Morgan fingerprint density at radius 2 is 1.60 bits per heavy atom. The van der Waals surface area contributed by atoms with Gasteiger partial charge in [-0.2, -0.15) is 0 Å². The number of piperidine rings is 1. The van der Waals surface area contributed by atoms with Crippen molar-refractivity contribution in [2.45, 2.75) is 25.3 Å². The van der Waals surface area contributed by atoms with Gasteiger partial charge in [0.2, 0.25) is 0 Å². The highest BCUT2D eigenvalue weighted by Gasteiger charge is 2.24. The largest absolute Gasteiger partial charge is 0.314 e. The Bertz CT molecular complexity index is 380. The summed E-state index contributed by atoms with van der Waals surface area (Å²) in [6.07, 6.45) is 4.14. The van der Waals surface area contributed by atoms with Crippen LogP contribution in [0.15, 0.2) is 30.3 Å². The van der Waals surface area contributed by atoms with Gasteiger partial charge in [0.15, 0.2) is 0 Å². The summed E-state index contributed by atoms with van der Waals surface area (Å²) in [5, 5.41) is 3.45. The lowest BCUT2D eigenvalue weighted by Gasteiger charge is -2.39. The molecule has 0 aromatic heterocycles. The molecule has 0 aliphatic carbocycles. The van der Waals surface area contributed by atoms with Crippen LogP contribution in [0.5, 0.6) is 0 Å². The van der Waals surface area contributed by atoms with E-state index >= 15 is 0 Å². The van der Waals surface area contributed by atoms with Gasteiger partial charge >= 0.3 is 0 Å². The van der Waals surface area contributed by atoms with Gasteiger partial charge in [-0.3, -0.25) is 9.80 Å². The normalized spacial score (nSPS) is 23.6. The van der Waals surface area contributed by atoms with Crippen molar-refractivity contribution in [3.63, 3.8) is 0 Å². The first kappa shape index (κ1) is 14.1. The molecule has 2 aliphatic rings. The second kappa shape index (κ2) is 7.21. The molecule has 2 aliphatic heterocycles. The highest BCUT2D eigenvalue weighted by atomic mass is 15.2. The fourth-order valence-corrected chi connectivity index (χ4v) is 3.48. The summed E-state index contributed by atoms with van der Waals surface area (Å²) in [4.78, 5) is 5.34. The van der Waals surface area contributed by atoms with E-state index in [4.69, 9.17) is 0 Å². The maximum absolute atomic E-state index is 3.45. The number of hydrogen-bond donors (Lipinski definition) is 1. The van der Waals surface area contributed by atoms with Crippen molar-refractivity contribution in [3.05, 3.63) is 35.9 Å². The molecule has 0 spiro atoms. The highest BCUT2D eigenvalue weighted by Crippen LogP contribution is 2.25. The summed E-state index contributed by atoms with van der Waals surface area (Å²) in [7, 11) is 0. The maximum Gasteiger partial charge on any atom is 0.0475 e. The fourth-order valence-electron chi connectivity index (χ4n) is 3.48. The van der Waals surface area contributed by atoms with Crippen molar-refractivity contribution in [2.75, 3.05) is 45.8 Å². The molecule has 1 atom stereocenters. The zero-order valence-electron chi connectivity index (χ0n) is 12.4. The molecule has 3 nitrogen and oxygen atoms in total. The van der Waals surface area contributed by atoms with Crippen molar-refractivity contribution in [1.82, 2.24) is 15.1 Å². The first-order valence-corrected chi connectivity index (χ1v) is 8.15. The minimum absolute atomic E-state index is 0.578. The third kappa shape index (κ3) is 3.60. The van der Waals surface area contributed by atoms with Crippen LogP contribution in [-0.2, 0) is 0 Å². The van der Waals surface area contributed by atoms with Gasteiger partial charge in [0, 0.05) is 38.8 Å². The Balaban J connectivity index is 1.72. The molecule has 0 amide bonds. The standard InChI is InChI=1S/C17H27N3/c1-3-7-16(8-4-1)17(20-11-5-2-6-12-20)15-19-13-9-18-10-14-19/h1,3-4,7-8,17-18H,2,5-6,9-15H2. The van der Waals surface area contributed by atoms with E-state index in [1.807, 2.05) is 0 Å². The summed E-state index contributed by atoms with van der Waals surface area (Å²) in [6, 6.07) is 11.7. The van der Waals surface area contributed by atoms with Gasteiger partial charge in [-0.05, 0) is 31.5 Å². The third-order valence-corrected chi connectivity index (χ3v) is 4.66. The molecule has 0 radical (unpaired) electrons. The lowest BCUT2D eigenvalue weighted by atomic mass is 10.0. The lowest BCUT2D eigenvalue weighted by molar-refractivity contribution is 0.111. The Hall–Kier alpha value is -0.900. The van der Waals surface area contributed by atoms with E-state index in [0.717, 1.165) is 13.1 Å². The molecule has 0 saturated carbocycles. The highest BCUT2D eigenvalue weighted by molar-refractivity contribution is 5.19. The predicted octanol–water partition coefficient (Wildman–Crippen LogP) is 2.12. The lowest BCUT2D eigenvalue weighted by Crippen LogP contribution is -2.48. The van der Waals surface area contributed by atoms with Crippen LogP contribution in [0, 0.1) is 0 Å². The molecule has 3 rings (SSSR count). The van der Waals surface area contributed by atoms with Crippen LogP contribution < -0.4 is 5.32 Å². The minimum atomic E-state index is 0.578. The molecule has 1 aromatic rings. The van der Waals surface area contributed by atoms with E-state index in [0.29, 0.717) is 6.04 Å². The van der Waals surface area contributed by atoms with E-state index in [9.17, 15) is 0 Å². The number of piperazine rings is 1. The van der Waals surface area contributed by atoms with E-state index in [1.165, 1.54) is 57.5 Å². The van der Waals surface area contributed by atoms with Gasteiger partial charge < -0.3 is 5.32 Å². The van der Waals surface area contributed by atoms with Gasteiger partial charge in [-0.15, -0.1) is 0 Å². The monoisotopic (exact) mass is 273 g/mol. The van der Waals surface area contributed by atoms with Crippen LogP contribution in [0.3, 0.4) is 0 Å². The predicted molar refractivity (Wildman–Crippen MR) is 83.9 cm³/mol. The number of hydrogen-bond acceptors (Lipinski definition) is 3. The first-order valence-electron chi connectivity index (χ1n) is 8.15. The quantitative estimate of drug-likeness (QED) is 0.906. The molecular weight excluding hydrogens is 246 g/mol. The zero-order valence-corrected chi connectivity index (χ0v) is 12.4. The maximum atomic E-state index is 3.45.